The van der Waals surface area contributed by atoms with E-state index in [2.05, 4.69) is 168 Å². The molecule has 0 atom stereocenters. The molecule has 0 aliphatic rings. The summed E-state index contributed by atoms with van der Waals surface area (Å²) in [5, 5.41) is 4.60. The van der Waals surface area contributed by atoms with Gasteiger partial charge in [-0.3, -0.25) is 0 Å². The number of hydrogen-bond donors (Lipinski definition) is 0. The van der Waals surface area contributed by atoms with Gasteiger partial charge in [0, 0.05) is 33.5 Å². The molecule has 0 aromatic heterocycles. The van der Waals surface area contributed by atoms with Gasteiger partial charge >= 0.3 is 0 Å². The van der Waals surface area contributed by atoms with E-state index >= 15 is 0 Å². The molecule has 226 valence electrons. The van der Waals surface area contributed by atoms with Crippen molar-refractivity contribution in [2.75, 3.05) is 23.0 Å². The molecule has 0 radical (unpaired) electrons. The lowest BCUT2D eigenvalue weighted by Gasteiger charge is -2.29. The van der Waals surface area contributed by atoms with Gasteiger partial charge in [-0.25, -0.2) is 0 Å². The lowest BCUT2D eigenvalue weighted by atomic mass is 10.0. The molecular weight excluding hydrogens is 564 g/mol. The predicted molar refractivity (Wildman–Crippen MR) is 193 cm³/mol. The Morgan fingerprint density at radius 3 is 1.17 bits per heavy atom. The first kappa shape index (κ1) is 29.0. The monoisotopic (exact) mass is 600 g/mol. The van der Waals surface area contributed by atoms with Crippen LogP contribution in [0.25, 0.3) is 21.5 Å². The van der Waals surface area contributed by atoms with Crippen LogP contribution in [-0.2, 0) is 0 Å². The number of rotatable bonds is 10. The van der Waals surface area contributed by atoms with Crippen LogP contribution < -0.4 is 19.3 Å². The first-order valence-electron chi connectivity index (χ1n) is 15.8. The molecule has 0 saturated heterocycles. The lowest BCUT2D eigenvalue weighted by molar-refractivity contribution is 0.340. The van der Waals surface area contributed by atoms with Gasteiger partial charge in [0.25, 0.3) is 0 Å². The molecule has 0 saturated carbocycles. The molecule has 0 spiro atoms. The summed E-state index contributed by atoms with van der Waals surface area (Å²) in [5.74, 6) is 1.76. The highest BCUT2D eigenvalue weighted by atomic mass is 16.5. The summed E-state index contributed by atoms with van der Waals surface area (Å²) < 4.78 is 11.6. The first-order chi connectivity index (χ1) is 22.7. The number of fused-ring (bicyclic) bond motifs is 2. The highest BCUT2D eigenvalue weighted by Crippen LogP contribution is 2.43. The van der Waals surface area contributed by atoms with E-state index in [-0.39, 0.29) is 0 Å². The van der Waals surface area contributed by atoms with Crippen LogP contribution in [0.2, 0.25) is 0 Å². The summed E-state index contributed by atoms with van der Waals surface area (Å²) in [6, 6.07) is 55.5. The maximum absolute atomic E-state index is 5.81. The van der Waals surface area contributed by atoms with Crippen LogP contribution in [0.1, 0.15) is 13.8 Å². The lowest BCUT2D eigenvalue weighted by Crippen LogP contribution is -2.12. The molecule has 7 aromatic carbocycles. The molecule has 0 aliphatic carbocycles. The highest BCUT2D eigenvalue weighted by molar-refractivity contribution is 6.01. The second-order valence-corrected chi connectivity index (χ2v) is 11.0. The van der Waals surface area contributed by atoms with Crippen molar-refractivity contribution in [1.82, 2.24) is 0 Å². The summed E-state index contributed by atoms with van der Waals surface area (Å²) in [4.78, 5) is 4.65. The molecule has 4 heteroatoms. The van der Waals surface area contributed by atoms with Crippen molar-refractivity contribution in [2.24, 2.45) is 0 Å². The van der Waals surface area contributed by atoms with E-state index in [1.165, 1.54) is 0 Å². The average Bonchev–Trinajstić information content (AvgIpc) is 3.10. The second kappa shape index (κ2) is 13.1. The van der Waals surface area contributed by atoms with E-state index in [0.717, 1.165) is 67.2 Å². The van der Waals surface area contributed by atoms with E-state index in [4.69, 9.17) is 9.47 Å². The topological polar surface area (TPSA) is 24.9 Å². The van der Waals surface area contributed by atoms with Crippen molar-refractivity contribution in [2.45, 2.75) is 13.8 Å². The summed E-state index contributed by atoms with van der Waals surface area (Å²) in [5.41, 5.74) is 6.55. The Morgan fingerprint density at radius 1 is 0.391 bits per heavy atom. The third-order valence-electron chi connectivity index (χ3n) is 8.16. The second-order valence-electron chi connectivity index (χ2n) is 11.0. The van der Waals surface area contributed by atoms with Crippen molar-refractivity contribution in [3.63, 3.8) is 0 Å². The highest BCUT2D eigenvalue weighted by Gasteiger charge is 2.19. The van der Waals surface area contributed by atoms with Crippen LogP contribution in [0.5, 0.6) is 11.5 Å². The standard InChI is InChI=1S/C42H36N2O2/c1-3-45-37-25-27-39-31(29-37)13-11-19-41(39)43(33-15-7-5-8-16-33)35-21-23-36(24-22-35)44(34-17-9-6-10-18-34)42-20-12-14-32-30-38(46-4-2)26-28-40(32)42/h5-30H,3-4H2,1-2H3. The Bertz CT molecular complexity index is 1920. The minimum atomic E-state index is 0.640. The quantitative estimate of drug-likeness (QED) is 0.156. The van der Waals surface area contributed by atoms with Crippen LogP contribution in [0, 0.1) is 0 Å². The van der Waals surface area contributed by atoms with E-state index in [0.29, 0.717) is 13.2 Å². The van der Waals surface area contributed by atoms with Gasteiger partial charge in [0.15, 0.2) is 0 Å². The maximum atomic E-state index is 5.81. The Labute approximate surface area is 270 Å². The number of anilines is 6. The minimum Gasteiger partial charge on any atom is -0.494 e. The number of ether oxygens (including phenoxy) is 2. The van der Waals surface area contributed by atoms with Crippen molar-refractivity contribution < 1.29 is 9.47 Å². The largest absolute Gasteiger partial charge is 0.494 e. The first-order valence-corrected chi connectivity index (χ1v) is 15.8. The zero-order valence-electron chi connectivity index (χ0n) is 26.1. The van der Waals surface area contributed by atoms with Gasteiger partial charge in [-0.2, -0.15) is 0 Å². The molecule has 0 unspecified atom stereocenters. The van der Waals surface area contributed by atoms with Gasteiger partial charge in [-0.1, -0.05) is 60.7 Å². The summed E-state index contributed by atoms with van der Waals surface area (Å²) >= 11 is 0. The Morgan fingerprint density at radius 2 is 0.783 bits per heavy atom. The minimum absolute atomic E-state index is 0.640. The number of benzene rings is 7. The molecule has 0 amide bonds. The number of para-hydroxylation sites is 2. The Balaban J connectivity index is 1.34. The average molecular weight is 601 g/mol. The molecule has 0 N–H and O–H groups in total. The Hall–Kier alpha value is -5.74. The van der Waals surface area contributed by atoms with E-state index in [9.17, 15) is 0 Å². The van der Waals surface area contributed by atoms with Gasteiger partial charge in [0.2, 0.25) is 0 Å². The van der Waals surface area contributed by atoms with E-state index < -0.39 is 0 Å². The van der Waals surface area contributed by atoms with Crippen LogP contribution in [0.3, 0.4) is 0 Å². The zero-order chi connectivity index (χ0) is 31.3. The van der Waals surface area contributed by atoms with Gasteiger partial charge < -0.3 is 19.3 Å². The van der Waals surface area contributed by atoms with Crippen molar-refractivity contribution in [3.8, 4) is 11.5 Å². The normalized spacial score (nSPS) is 11.0. The van der Waals surface area contributed by atoms with E-state index in [1.54, 1.807) is 0 Å². The van der Waals surface area contributed by atoms with Gasteiger partial charge in [0.05, 0.1) is 24.6 Å². The zero-order valence-corrected chi connectivity index (χ0v) is 26.1. The van der Waals surface area contributed by atoms with Crippen LogP contribution in [0.4, 0.5) is 34.1 Å². The van der Waals surface area contributed by atoms with Crippen molar-refractivity contribution in [1.29, 1.82) is 0 Å². The van der Waals surface area contributed by atoms with Crippen LogP contribution in [-0.4, -0.2) is 13.2 Å². The third kappa shape index (κ3) is 5.73. The molecule has 7 aromatic rings. The molecule has 0 heterocycles. The fraction of sp³-hybridized carbons (Fsp3) is 0.0952. The van der Waals surface area contributed by atoms with Gasteiger partial charge in [-0.15, -0.1) is 0 Å². The summed E-state index contributed by atoms with van der Waals surface area (Å²) in [6.45, 7) is 5.30. The molecule has 46 heavy (non-hydrogen) atoms. The maximum Gasteiger partial charge on any atom is 0.119 e. The molecule has 0 fully saturated rings. The van der Waals surface area contributed by atoms with Gasteiger partial charge in [0.1, 0.15) is 11.5 Å². The van der Waals surface area contributed by atoms with Gasteiger partial charge in [-0.05, 0) is 122 Å². The molecule has 0 aliphatic heterocycles. The smallest absolute Gasteiger partial charge is 0.119 e. The van der Waals surface area contributed by atoms with E-state index in [1.807, 2.05) is 13.8 Å². The summed E-state index contributed by atoms with van der Waals surface area (Å²) in [6.07, 6.45) is 0. The number of hydrogen-bond acceptors (Lipinski definition) is 4. The summed E-state index contributed by atoms with van der Waals surface area (Å²) in [7, 11) is 0. The fourth-order valence-corrected chi connectivity index (χ4v) is 6.15. The SMILES string of the molecule is CCOc1ccc2c(N(c3ccccc3)c3ccc(N(c4ccccc4)c4cccc5cc(OCC)ccc45)cc3)cccc2c1. The Kier molecular flexibility index (Phi) is 8.25. The van der Waals surface area contributed by atoms with Crippen molar-refractivity contribution >= 4 is 55.7 Å². The van der Waals surface area contributed by atoms with Crippen molar-refractivity contribution in [3.05, 3.63) is 158 Å². The predicted octanol–water partition coefficient (Wildman–Crippen LogP) is 11.7. The van der Waals surface area contributed by atoms with Crippen LogP contribution >= 0.6 is 0 Å². The van der Waals surface area contributed by atoms with Crippen LogP contribution in [0.15, 0.2) is 158 Å². The molecule has 0 bridgehead atoms. The molecular formula is C42H36N2O2. The molecule has 4 nitrogen and oxygen atoms in total. The third-order valence-corrected chi connectivity index (χ3v) is 8.16. The molecule has 7 rings (SSSR count). The fourth-order valence-electron chi connectivity index (χ4n) is 6.15. The number of nitrogens with zero attached hydrogens (tertiary/aromatic N) is 2.